The number of rotatable bonds is 3. The van der Waals surface area contributed by atoms with Crippen molar-refractivity contribution in [1.82, 2.24) is 0 Å². The molecule has 0 atom stereocenters. The fourth-order valence-corrected chi connectivity index (χ4v) is 3.47. The van der Waals surface area contributed by atoms with Crippen LogP contribution in [-0.4, -0.2) is 8.42 Å². The molecule has 4 nitrogen and oxygen atoms in total. The minimum Gasteiger partial charge on any atom is -0.398 e. The smallest absolute Gasteiger partial charge is 0.261 e. The van der Waals surface area contributed by atoms with E-state index in [1.807, 2.05) is 0 Å². The Morgan fingerprint density at radius 3 is 2.45 bits per heavy atom. The van der Waals surface area contributed by atoms with Crippen LogP contribution in [-0.2, 0) is 10.0 Å². The maximum atomic E-state index is 12.3. The summed E-state index contributed by atoms with van der Waals surface area (Å²) in [5.74, 6) is 0. The summed E-state index contributed by atoms with van der Waals surface area (Å²) in [7, 11) is -3.77. The number of anilines is 2. The van der Waals surface area contributed by atoms with Gasteiger partial charge in [0.2, 0.25) is 0 Å². The van der Waals surface area contributed by atoms with Crippen molar-refractivity contribution in [3.8, 4) is 0 Å². The Bertz CT molecular complexity index is 766. The van der Waals surface area contributed by atoms with Crippen LogP contribution in [0.3, 0.4) is 0 Å². The molecule has 0 aliphatic heterocycles. The van der Waals surface area contributed by atoms with Gasteiger partial charge in [0.25, 0.3) is 10.0 Å². The Kier molecular flexibility index (Phi) is 4.49. The van der Waals surface area contributed by atoms with Gasteiger partial charge in [-0.1, -0.05) is 29.3 Å². The molecular weight excluding hydrogens is 387 g/mol. The van der Waals surface area contributed by atoms with E-state index >= 15 is 0 Å². The minimum absolute atomic E-state index is 0.0172. The molecule has 0 amide bonds. The maximum Gasteiger partial charge on any atom is 0.261 e. The first-order valence-corrected chi connectivity index (χ1v) is 8.36. The van der Waals surface area contributed by atoms with E-state index in [1.165, 1.54) is 18.2 Å². The zero-order chi connectivity index (χ0) is 14.9. The van der Waals surface area contributed by atoms with E-state index in [4.69, 9.17) is 28.9 Å². The third kappa shape index (κ3) is 3.20. The van der Waals surface area contributed by atoms with Crippen molar-refractivity contribution in [3.05, 3.63) is 50.9 Å². The highest BCUT2D eigenvalue weighted by atomic mass is 79.9. The summed E-state index contributed by atoms with van der Waals surface area (Å²) in [6, 6.07) is 8.97. The van der Waals surface area contributed by atoms with Crippen molar-refractivity contribution < 1.29 is 8.42 Å². The van der Waals surface area contributed by atoms with Gasteiger partial charge in [-0.25, -0.2) is 8.42 Å². The first-order chi connectivity index (χ1) is 9.31. The lowest BCUT2D eigenvalue weighted by Crippen LogP contribution is -2.13. The molecular formula is C12H9BrCl2N2O2S. The molecule has 20 heavy (non-hydrogen) atoms. The lowest BCUT2D eigenvalue weighted by Gasteiger charge is -2.11. The molecule has 0 saturated heterocycles. The predicted molar refractivity (Wildman–Crippen MR) is 85.8 cm³/mol. The van der Waals surface area contributed by atoms with Gasteiger partial charge in [0, 0.05) is 0 Å². The third-order valence-corrected chi connectivity index (χ3v) is 5.57. The average molecular weight is 396 g/mol. The van der Waals surface area contributed by atoms with Crippen molar-refractivity contribution >= 4 is 60.5 Å². The lowest BCUT2D eigenvalue weighted by molar-refractivity contribution is 0.601. The van der Waals surface area contributed by atoms with Gasteiger partial charge < -0.3 is 5.73 Å². The number of hydrogen-bond acceptors (Lipinski definition) is 3. The highest BCUT2D eigenvalue weighted by Crippen LogP contribution is 2.32. The quantitative estimate of drug-likeness (QED) is 0.767. The zero-order valence-corrected chi connectivity index (χ0v) is 13.8. The Morgan fingerprint density at radius 2 is 1.80 bits per heavy atom. The van der Waals surface area contributed by atoms with Gasteiger partial charge in [-0.3, -0.25) is 4.72 Å². The highest BCUT2D eigenvalue weighted by Gasteiger charge is 2.17. The van der Waals surface area contributed by atoms with Gasteiger partial charge in [0.05, 0.1) is 30.8 Å². The molecule has 0 aromatic heterocycles. The molecule has 0 aliphatic carbocycles. The predicted octanol–water partition coefficient (Wildman–Crippen LogP) is 4.14. The van der Waals surface area contributed by atoms with Crippen LogP contribution in [0.4, 0.5) is 11.4 Å². The SMILES string of the molecule is Nc1ccc(S(=O)(=O)Nc2cccc(Cl)c2Br)cc1Cl. The van der Waals surface area contributed by atoms with Crippen LogP contribution in [0.5, 0.6) is 0 Å². The second kappa shape index (κ2) is 5.81. The molecule has 0 heterocycles. The molecule has 106 valence electrons. The van der Waals surface area contributed by atoms with Crippen LogP contribution < -0.4 is 10.5 Å². The monoisotopic (exact) mass is 394 g/mol. The number of nitrogens with two attached hydrogens (primary N) is 1. The van der Waals surface area contributed by atoms with E-state index in [-0.39, 0.29) is 9.92 Å². The van der Waals surface area contributed by atoms with Gasteiger partial charge in [0.1, 0.15) is 0 Å². The Labute approximate surface area is 135 Å². The Morgan fingerprint density at radius 1 is 1.10 bits per heavy atom. The van der Waals surface area contributed by atoms with Crippen LogP contribution >= 0.6 is 39.1 Å². The first kappa shape index (κ1) is 15.4. The number of nitrogen functional groups attached to an aromatic ring is 1. The highest BCUT2D eigenvalue weighted by molar-refractivity contribution is 9.10. The van der Waals surface area contributed by atoms with Crippen LogP contribution in [0, 0.1) is 0 Å². The molecule has 0 bridgehead atoms. The maximum absolute atomic E-state index is 12.3. The molecule has 0 saturated carbocycles. The summed E-state index contributed by atoms with van der Waals surface area (Å²) < 4.78 is 27.4. The van der Waals surface area contributed by atoms with E-state index in [0.29, 0.717) is 20.9 Å². The van der Waals surface area contributed by atoms with Gasteiger partial charge in [0.15, 0.2) is 0 Å². The number of halogens is 3. The van der Waals surface area contributed by atoms with Crippen molar-refractivity contribution in [2.75, 3.05) is 10.5 Å². The number of sulfonamides is 1. The summed E-state index contributed by atoms with van der Waals surface area (Å²) >= 11 is 15.0. The van der Waals surface area contributed by atoms with Gasteiger partial charge >= 0.3 is 0 Å². The summed E-state index contributed by atoms with van der Waals surface area (Å²) in [5.41, 5.74) is 6.21. The zero-order valence-electron chi connectivity index (χ0n) is 9.90. The van der Waals surface area contributed by atoms with Gasteiger partial charge in [-0.2, -0.15) is 0 Å². The van der Waals surface area contributed by atoms with Gasteiger partial charge in [-0.05, 0) is 46.3 Å². The van der Waals surface area contributed by atoms with E-state index in [0.717, 1.165) is 0 Å². The molecule has 0 spiro atoms. The number of hydrogen-bond donors (Lipinski definition) is 2. The minimum atomic E-state index is -3.77. The summed E-state index contributed by atoms with van der Waals surface area (Å²) in [6.07, 6.45) is 0. The second-order valence-corrected chi connectivity index (χ2v) is 7.18. The average Bonchev–Trinajstić information content (AvgIpc) is 2.38. The van der Waals surface area contributed by atoms with E-state index < -0.39 is 10.0 Å². The number of nitrogens with one attached hydrogen (secondary N) is 1. The molecule has 0 radical (unpaired) electrons. The number of benzene rings is 2. The van der Waals surface area contributed by atoms with Crippen molar-refractivity contribution in [2.24, 2.45) is 0 Å². The fraction of sp³-hybridized carbons (Fsp3) is 0. The standard InChI is InChI=1S/C12H9BrCl2N2O2S/c13-12-8(14)2-1-3-11(12)17-20(18,19)7-4-5-10(16)9(15)6-7/h1-6,17H,16H2. The van der Waals surface area contributed by atoms with Crippen LogP contribution in [0.15, 0.2) is 45.8 Å². The third-order valence-electron chi connectivity index (χ3n) is 2.48. The molecule has 0 aliphatic rings. The van der Waals surface area contributed by atoms with E-state index in [9.17, 15) is 8.42 Å². The summed E-state index contributed by atoms with van der Waals surface area (Å²) in [5, 5.41) is 0.582. The van der Waals surface area contributed by atoms with Crippen molar-refractivity contribution in [2.45, 2.75) is 4.90 Å². The van der Waals surface area contributed by atoms with Crippen LogP contribution in [0.1, 0.15) is 0 Å². The molecule has 3 N–H and O–H groups in total. The molecule has 2 rings (SSSR count). The summed E-state index contributed by atoms with van der Waals surface area (Å²) in [4.78, 5) is 0.0172. The summed E-state index contributed by atoms with van der Waals surface area (Å²) in [6.45, 7) is 0. The van der Waals surface area contributed by atoms with Crippen LogP contribution in [0.2, 0.25) is 10.0 Å². The van der Waals surface area contributed by atoms with Crippen molar-refractivity contribution in [3.63, 3.8) is 0 Å². The van der Waals surface area contributed by atoms with E-state index in [2.05, 4.69) is 20.7 Å². The van der Waals surface area contributed by atoms with Gasteiger partial charge in [-0.15, -0.1) is 0 Å². The molecule has 0 fully saturated rings. The largest absolute Gasteiger partial charge is 0.398 e. The van der Waals surface area contributed by atoms with Crippen molar-refractivity contribution in [1.29, 1.82) is 0 Å². The second-order valence-electron chi connectivity index (χ2n) is 3.89. The first-order valence-electron chi connectivity index (χ1n) is 5.33. The Hall–Kier alpha value is -0.950. The fourth-order valence-electron chi connectivity index (χ4n) is 1.46. The van der Waals surface area contributed by atoms with E-state index in [1.54, 1.807) is 18.2 Å². The Balaban J connectivity index is 2.41. The molecule has 2 aromatic rings. The molecule has 2 aromatic carbocycles. The molecule has 0 unspecified atom stereocenters. The topological polar surface area (TPSA) is 72.2 Å². The lowest BCUT2D eigenvalue weighted by atomic mass is 10.3. The molecule has 8 heteroatoms. The normalized spacial score (nSPS) is 11.3. The van der Waals surface area contributed by atoms with Crippen LogP contribution in [0.25, 0.3) is 0 Å².